The van der Waals surface area contributed by atoms with Crippen molar-refractivity contribution in [1.29, 1.82) is 0 Å². The topological polar surface area (TPSA) is 0 Å². The Morgan fingerprint density at radius 2 is 0.692 bits per heavy atom. The molecule has 65 valence electrons. The van der Waals surface area contributed by atoms with Crippen LogP contribution in [-0.4, -0.2) is 18.9 Å². The van der Waals surface area contributed by atoms with Crippen LogP contribution in [0.15, 0.2) is 48.6 Å². The summed E-state index contributed by atoms with van der Waals surface area (Å²) in [4.78, 5) is 0. The van der Waals surface area contributed by atoms with Gasteiger partial charge >= 0.3 is 0 Å². The predicted octanol–water partition coefficient (Wildman–Crippen LogP) is 3.40. The van der Waals surface area contributed by atoms with Crippen LogP contribution in [0.4, 0.5) is 0 Å². The van der Waals surface area contributed by atoms with Gasteiger partial charge in [0.05, 0.1) is 0 Å². The van der Waals surface area contributed by atoms with Crippen molar-refractivity contribution in [3.63, 3.8) is 0 Å². The molecule has 0 nitrogen and oxygen atoms in total. The van der Waals surface area contributed by atoms with Crippen molar-refractivity contribution in [3.05, 3.63) is 48.6 Å². The van der Waals surface area contributed by atoms with Crippen molar-refractivity contribution >= 4 is 18.9 Å². The molecule has 0 amide bonds. The van der Waals surface area contributed by atoms with Crippen LogP contribution >= 0.6 is 0 Å². The van der Waals surface area contributed by atoms with Crippen LogP contribution in [0.1, 0.15) is 25.7 Å². The first-order valence-corrected chi connectivity index (χ1v) is 4.63. The summed E-state index contributed by atoms with van der Waals surface area (Å²) < 4.78 is 0. The van der Waals surface area contributed by atoms with Gasteiger partial charge in [-0.2, -0.15) is 0 Å². The molecule has 0 saturated heterocycles. The molecule has 0 spiro atoms. The molecular formula is C12H16Li. The molecule has 2 aliphatic rings. The third-order valence-electron chi connectivity index (χ3n) is 1.77. The Labute approximate surface area is 93.3 Å². The van der Waals surface area contributed by atoms with Crippen LogP contribution in [-0.2, 0) is 0 Å². The second-order valence-corrected chi connectivity index (χ2v) is 2.87. The van der Waals surface area contributed by atoms with Gasteiger partial charge in [0.2, 0.25) is 0 Å². The molecule has 0 atom stereocenters. The van der Waals surface area contributed by atoms with Gasteiger partial charge in [0.15, 0.2) is 0 Å². The molecule has 0 fully saturated rings. The standard InChI is InChI=1S/2C6H8.Li/c2*1-2-4-6-5-3-1;/h2*1-4H,5-6H2;. The summed E-state index contributed by atoms with van der Waals surface area (Å²) in [6, 6.07) is 0. The molecule has 13 heavy (non-hydrogen) atoms. The third kappa shape index (κ3) is 7.90. The van der Waals surface area contributed by atoms with Gasteiger partial charge in [0.25, 0.3) is 0 Å². The van der Waals surface area contributed by atoms with Gasteiger partial charge in [0.1, 0.15) is 0 Å². The second kappa shape index (κ2) is 9.64. The van der Waals surface area contributed by atoms with Crippen LogP contribution in [0.25, 0.3) is 0 Å². The molecule has 1 heteroatoms. The van der Waals surface area contributed by atoms with E-state index in [1.165, 1.54) is 25.7 Å². The number of allylic oxidation sites excluding steroid dienone is 8. The van der Waals surface area contributed by atoms with Crippen LogP contribution in [0.2, 0.25) is 0 Å². The number of hydrogen-bond donors (Lipinski definition) is 0. The monoisotopic (exact) mass is 167 g/mol. The van der Waals surface area contributed by atoms with E-state index in [9.17, 15) is 0 Å². The van der Waals surface area contributed by atoms with Gasteiger partial charge in [-0.25, -0.2) is 0 Å². The summed E-state index contributed by atoms with van der Waals surface area (Å²) in [7, 11) is 0. The first-order chi connectivity index (χ1) is 6.00. The SMILES string of the molecule is C1=CCCC=C1.C1=CCCC=C1.[Li]. The van der Waals surface area contributed by atoms with Gasteiger partial charge in [-0.05, 0) is 25.7 Å². The van der Waals surface area contributed by atoms with E-state index in [2.05, 4.69) is 48.6 Å². The quantitative estimate of drug-likeness (QED) is 0.485. The summed E-state index contributed by atoms with van der Waals surface area (Å²) in [6.07, 6.45) is 22.0. The maximum absolute atomic E-state index is 2.18. The van der Waals surface area contributed by atoms with E-state index in [1.807, 2.05) is 0 Å². The van der Waals surface area contributed by atoms with Crippen molar-refractivity contribution in [3.8, 4) is 0 Å². The summed E-state index contributed by atoms with van der Waals surface area (Å²) in [6.45, 7) is 0. The van der Waals surface area contributed by atoms with E-state index in [-0.39, 0.29) is 18.9 Å². The van der Waals surface area contributed by atoms with E-state index in [4.69, 9.17) is 0 Å². The van der Waals surface area contributed by atoms with Crippen molar-refractivity contribution in [2.75, 3.05) is 0 Å². The fourth-order valence-electron chi connectivity index (χ4n) is 1.08. The Bertz CT molecular complexity index is 161. The largest absolute Gasteiger partial charge is 0.0842 e. The fourth-order valence-corrected chi connectivity index (χ4v) is 1.08. The Kier molecular flexibility index (Phi) is 9.32. The van der Waals surface area contributed by atoms with E-state index < -0.39 is 0 Å². The summed E-state index contributed by atoms with van der Waals surface area (Å²) in [5.41, 5.74) is 0. The van der Waals surface area contributed by atoms with Crippen molar-refractivity contribution in [2.24, 2.45) is 0 Å². The predicted molar refractivity (Wildman–Crippen MR) is 60.8 cm³/mol. The first-order valence-electron chi connectivity index (χ1n) is 4.63. The maximum atomic E-state index is 2.18. The maximum Gasteiger partial charge on any atom is 0 e. The Morgan fingerprint density at radius 3 is 0.769 bits per heavy atom. The molecule has 0 unspecified atom stereocenters. The summed E-state index contributed by atoms with van der Waals surface area (Å²) in [5.74, 6) is 0. The molecule has 1 radical (unpaired) electrons. The molecule has 0 aromatic carbocycles. The second-order valence-electron chi connectivity index (χ2n) is 2.87. The van der Waals surface area contributed by atoms with Crippen molar-refractivity contribution in [2.45, 2.75) is 25.7 Å². The van der Waals surface area contributed by atoms with Crippen LogP contribution in [0.3, 0.4) is 0 Å². The normalized spacial score (nSPS) is 17.2. The average molecular weight is 167 g/mol. The zero-order valence-corrected chi connectivity index (χ0v) is 8.45. The molecule has 0 saturated carbocycles. The van der Waals surface area contributed by atoms with Crippen molar-refractivity contribution < 1.29 is 0 Å². The molecule has 2 aliphatic carbocycles. The Morgan fingerprint density at radius 1 is 0.462 bits per heavy atom. The van der Waals surface area contributed by atoms with Crippen LogP contribution in [0, 0.1) is 0 Å². The molecular weight excluding hydrogens is 151 g/mol. The fraction of sp³-hybridized carbons (Fsp3) is 0.333. The van der Waals surface area contributed by atoms with Gasteiger partial charge in [-0.3, -0.25) is 0 Å². The van der Waals surface area contributed by atoms with E-state index >= 15 is 0 Å². The number of hydrogen-bond acceptors (Lipinski definition) is 0. The van der Waals surface area contributed by atoms with Gasteiger partial charge < -0.3 is 0 Å². The van der Waals surface area contributed by atoms with E-state index in [0.717, 1.165) is 0 Å². The first kappa shape index (κ1) is 12.6. The zero-order chi connectivity index (χ0) is 8.49. The van der Waals surface area contributed by atoms with Gasteiger partial charge in [0, 0.05) is 18.9 Å². The van der Waals surface area contributed by atoms with Crippen molar-refractivity contribution in [1.82, 2.24) is 0 Å². The average Bonchev–Trinajstić information content (AvgIpc) is 2.24. The van der Waals surface area contributed by atoms with Crippen LogP contribution in [0.5, 0.6) is 0 Å². The Hall–Kier alpha value is -0.443. The molecule has 0 aromatic heterocycles. The molecule has 0 N–H and O–H groups in total. The zero-order valence-electron chi connectivity index (χ0n) is 8.45. The minimum Gasteiger partial charge on any atom is -0.0842 e. The van der Waals surface area contributed by atoms with Gasteiger partial charge in [-0.1, -0.05) is 48.6 Å². The molecule has 0 heterocycles. The summed E-state index contributed by atoms with van der Waals surface area (Å²) in [5, 5.41) is 0. The minimum atomic E-state index is 0. The molecule has 2 rings (SSSR count). The number of rotatable bonds is 0. The Balaban J connectivity index is 0.000000206. The molecule has 0 bridgehead atoms. The minimum absolute atomic E-state index is 0. The van der Waals surface area contributed by atoms with E-state index in [1.54, 1.807) is 0 Å². The molecule has 0 aliphatic heterocycles. The smallest absolute Gasteiger partial charge is 0 e. The van der Waals surface area contributed by atoms with Crippen LogP contribution < -0.4 is 0 Å². The van der Waals surface area contributed by atoms with E-state index in [0.29, 0.717) is 0 Å². The summed E-state index contributed by atoms with van der Waals surface area (Å²) >= 11 is 0. The molecule has 0 aromatic rings. The van der Waals surface area contributed by atoms with Gasteiger partial charge in [-0.15, -0.1) is 0 Å². The third-order valence-corrected chi connectivity index (χ3v) is 1.77.